The molecule has 0 spiro atoms. The predicted molar refractivity (Wildman–Crippen MR) is 85.3 cm³/mol. The molecule has 0 bridgehead atoms. The van der Waals surface area contributed by atoms with Crippen LogP contribution in [-0.4, -0.2) is 17.5 Å². The zero-order chi connectivity index (χ0) is 16.5. The Labute approximate surface area is 131 Å². The van der Waals surface area contributed by atoms with E-state index in [4.69, 9.17) is 20.6 Å². The fraction of sp³-hybridized carbons (Fsp3) is 0.444. The zero-order valence-electron chi connectivity index (χ0n) is 13.5. The molecule has 1 aromatic carbocycles. The van der Waals surface area contributed by atoms with Crippen LogP contribution in [-0.2, 0) is 12.0 Å². The van der Waals surface area contributed by atoms with Gasteiger partial charge in [-0.15, -0.1) is 13.0 Å². The molecule has 4 nitrogen and oxygen atoms in total. The van der Waals surface area contributed by atoms with Crippen molar-refractivity contribution in [1.29, 1.82) is 0 Å². The third kappa shape index (κ3) is 3.05. The number of allylic oxidation sites excluding steroid dienone is 1. The third-order valence-corrected chi connectivity index (χ3v) is 3.43. The standard InChI is InChI=1S/C18H22O4/c1-7-9-12-13(18(5,6)19)10-14-16(21-11-20-14)15(12)22-17(3,4)8-2/h2,7,10,19H,1,9,11H2,3-6H3. The highest BCUT2D eigenvalue weighted by molar-refractivity contribution is 5.62. The molecule has 1 aliphatic heterocycles. The lowest BCUT2D eigenvalue weighted by Gasteiger charge is -2.28. The van der Waals surface area contributed by atoms with E-state index in [0.29, 0.717) is 29.2 Å². The minimum absolute atomic E-state index is 0.116. The van der Waals surface area contributed by atoms with Crippen molar-refractivity contribution in [3.8, 4) is 29.6 Å². The topological polar surface area (TPSA) is 47.9 Å². The van der Waals surface area contributed by atoms with Gasteiger partial charge in [-0.1, -0.05) is 12.0 Å². The number of rotatable bonds is 5. The molecule has 0 unspecified atom stereocenters. The van der Waals surface area contributed by atoms with Gasteiger partial charge in [0.05, 0.1) is 5.60 Å². The normalized spacial score (nSPS) is 13.6. The maximum absolute atomic E-state index is 10.5. The van der Waals surface area contributed by atoms with E-state index in [1.54, 1.807) is 39.8 Å². The monoisotopic (exact) mass is 302 g/mol. The van der Waals surface area contributed by atoms with Gasteiger partial charge in [0, 0.05) is 5.56 Å². The van der Waals surface area contributed by atoms with Crippen molar-refractivity contribution in [3.63, 3.8) is 0 Å². The molecular weight excluding hydrogens is 280 g/mol. The van der Waals surface area contributed by atoms with E-state index in [1.807, 2.05) is 0 Å². The molecule has 0 saturated heterocycles. The van der Waals surface area contributed by atoms with Crippen LogP contribution in [0.1, 0.15) is 38.8 Å². The van der Waals surface area contributed by atoms with E-state index >= 15 is 0 Å². The quantitative estimate of drug-likeness (QED) is 0.670. The molecule has 1 heterocycles. The molecule has 0 fully saturated rings. The minimum Gasteiger partial charge on any atom is -0.471 e. The van der Waals surface area contributed by atoms with Crippen LogP contribution in [0.5, 0.6) is 17.2 Å². The zero-order valence-corrected chi connectivity index (χ0v) is 13.5. The summed E-state index contributed by atoms with van der Waals surface area (Å²) < 4.78 is 17.0. The molecular formula is C18H22O4. The molecule has 2 rings (SSSR count). The Balaban J connectivity index is 2.70. The fourth-order valence-corrected chi connectivity index (χ4v) is 2.34. The van der Waals surface area contributed by atoms with E-state index in [-0.39, 0.29) is 6.79 Å². The first kappa shape index (κ1) is 16.3. The average molecular weight is 302 g/mol. The Hall–Kier alpha value is -2.12. The van der Waals surface area contributed by atoms with Gasteiger partial charge in [0.2, 0.25) is 12.5 Å². The van der Waals surface area contributed by atoms with Gasteiger partial charge in [0.25, 0.3) is 0 Å². The number of aliphatic hydroxyl groups is 1. The van der Waals surface area contributed by atoms with Crippen LogP contribution in [0.3, 0.4) is 0 Å². The highest BCUT2D eigenvalue weighted by Crippen LogP contribution is 2.48. The first-order valence-electron chi connectivity index (χ1n) is 7.15. The molecule has 0 atom stereocenters. The van der Waals surface area contributed by atoms with Crippen molar-refractivity contribution in [2.24, 2.45) is 0 Å². The summed E-state index contributed by atoms with van der Waals surface area (Å²) in [6.45, 7) is 10.9. The van der Waals surface area contributed by atoms with Crippen molar-refractivity contribution in [1.82, 2.24) is 0 Å². The van der Waals surface area contributed by atoms with Crippen molar-refractivity contribution in [2.45, 2.75) is 45.3 Å². The summed E-state index contributed by atoms with van der Waals surface area (Å²) in [5.74, 6) is 4.18. The SMILES string of the molecule is C#CC(C)(C)Oc1c(CC=C)c(C(C)(C)O)cc2c1OCO2. The van der Waals surface area contributed by atoms with Crippen molar-refractivity contribution >= 4 is 0 Å². The minimum atomic E-state index is -1.06. The van der Waals surface area contributed by atoms with Crippen LogP contribution in [0.4, 0.5) is 0 Å². The predicted octanol–water partition coefficient (Wildman–Crippen LogP) is 3.16. The molecule has 1 aromatic rings. The van der Waals surface area contributed by atoms with E-state index in [1.165, 1.54) is 0 Å². The van der Waals surface area contributed by atoms with Crippen LogP contribution in [0.15, 0.2) is 18.7 Å². The first-order chi connectivity index (χ1) is 10.2. The Bertz CT molecular complexity index is 630. The van der Waals surface area contributed by atoms with Gasteiger partial charge in [0.1, 0.15) is 0 Å². The number of ether oxygens (including phenoxy) is 3. The summed E-state index contributed by atoms with van der Waals surface area (Å²) in [5, 5.41) is 10.5. The van der Waals surface area contributed by atoms with Gasteiger partial charge in [-0.3, -0.25) is 0 Å². The lowest BCUT2D eigenvalue weighted by molar-refractivity contribution is 0.0764. The Morgan fingerprint density at radius 3 is 2.64 bits per heavy atom. The van der Waals surface area contributed by atoms with Crippen LogP contribution in [0.25, 0.3) is 0 Å². The van der Waals surface area contributed by atoms with Crippen LogP contribution in [0.2, 0.25) is 0 Å². The van der Waals surface area contributed by atoms with E-state index in [9.17, 15) is 5.11 Å². The van der Waals surface area contributed by atoms with Gasteiger partial charge in [-0.2, -0.15) is 0 Å². The molecule has 1 N–H and O–H groups in total. The molecule has 0 aliphatic carbocycles. The van der Waals surface area contributed by atoms with Gasteiger partial charge >= 0.3 is 0 Å². The second-order valence-electron chi connectivity index (χ2n) is 6.27. The summed E-state index contributed by atoms with van der Waals surface area (Å²) in [6.07, 6.45) is 7.80. The lowest BCUT2D eigenvalue weighted by Crippen LogP contribution is -2.27. The van der Waals surface area contributed by atoms with Crippen LogP contribution in [0, 0.1) is 12.3 Å². The fourth-order valence-electron chi connectivity index (χ4n) is 2.34. The maximum Gasteiger partial charge on any atom is 0.231 e. The van der Waals surface area contributed by atoms with Gasteiger partial charge in [-0.25, -0.2) is 0 Å². The van der Waals surface area contributed by atoms with E-state index in [0.717, 1.165) is 5.56 Å². The summed E-state index contributed by atoms with van der Waals surface area (Å²) in [4.78, 5) is 0. The van der Waals surface area contributed by atoms with E-state index in [2.05, 4.69) is 12.5 Å². The second-order valence-corrected chi connectivity index (χ2v) is 6.27. The molecule has 1 aliphatic rings. The third-order valence-electron chi connectivity index (χ3n) is 3.43. The Morgan fingerprint density at radius 2 is 2.09 bits per heavy atom. The maximum atomic E-state index is 10.5. The van der Waals surface area contributed by atoms with E-state index < -0.39 is 11.2 Å². The number of hydrogen-bond acceptors (Lipinski definition) is 4. The molecule has 0 radical (unpaired) electrons. The van der Waals surface area contributed by atoms with Gasteiger partial charge in [0.15, 0.2) is 17.1 Å². The Morgan fingerprint density at radius 1 is 1.41 bits per heavy atom. The smallest absolute Gasteiger partial charge is 0.231 e. The van der Waals surface area contributed by atoms with Crippen molar-refractivity contribution in [2.75, 3.05) is 6.79 Å². The summed E-state index contributed by atoms with van der Waals surface area (Å²) in [7, 11) is 0. The number of terminal acetylenes is 1. The van der Waals surface area contributed by atoms with Crippen LogP contribution < -0.4 is 14.2 Å². The summed E-state index contributed by atoms with van der Waals surface area (Å²) in [5.41, 5.74) is -0.361. The molecule has 0 amide bonds. The van der Waals surface area contributed by atoms with Crippen molar-refractivity contribution in [3.05, 3.63) is 29.8 Å². The second kappa shape index (κ2) is 5.58. The number of hydrogen-bond donors (Lipinski definition) is 1. The summed E-state index contributed by atoms with van der Waals surface area (Å²) in [6, 6.07) is 1.79. The molecule has 22 heavy (non-hydrogen) atoms. The Kier molecular flexibility index (Phi) is 4.12. The first-order valence-corrected chi connectivity index (χ1v) is 7.15. The highest BCUT2D eigenvalue weighted by Gasteiger charge is 2.32. The number of benzene rings is 1. The largest absolute Gasteiger partial charge is 0.471 e. The molecule has 4 heteroatoms. The number of fused-ring (bicyclic) bond motifs is 1. The molecule has 118 valence electrons. The van der Waals surface area contributed by atoms with Crippen molar-refractivity contribution < 1.29 is 19.3 Å². The van der Waals surface area contributed by atoms with Crippen LogP contribution >= 0.6 is 0 Å². The lowest BCUT2D eigenvalue weighted by atomic mass is 9.90. The molecule has 0 aromatic heterocycles. The van der Waals surface area contributed by atoms with Gasteiger partial charge < -0.3 is 19.3 Å². The summed E-state index contributed by atoms with van der Waals surface area (Å²) >= 11 is 0. The van der Waals surface area contributed by atoms with Gasteiger partial charge in [-0.05, 0) is 45.7 Å². The average Bonchev–Trinajstić information content (AvgIpc) is 2.88. The molecule has 0 saturated carbocycles. The highest BCUT2D eigenvalue weighted by atomic mass is 16.7.